The molecule has 0 fully saturated rings. The molecule has 2 aromatic rings. The zero-order valence-electron chi connectivity index (χ0n) is 13.3. The van der Waals surface area contributed by atoms with E-state index in [4.69, 9.17) is 0 Å². The van der Waals surface area contributed by atoms with Crippen molar-refractivity contribution in [3.8, 4) is 5.95 Å². The number of aryl methyl sites for hydroxylation is 3. The molecule has 1 aliphatic carbocycles. The molecule has 3 rings (SSSR count). The number of nitrogens with zero attached hydrogens (tertiary/aromatic N) is 4. The topological polar surface area (TPSA) is 63.8 Å². The quantitative estimate of drug-likeness (QED) is 0.875. The van der Waals surface area contributed by atoms with Gasteiger partial charge in [-0.1, -0.05) is 13.8 Å². The van der Waals surface area contributed by atoms with Crippen LogP contribution < -0.4 is 0 Å². The first-order valence-electron chi connectivity index (χ1n) is 7.36. The third-order valence-corrected chi connectivity index (χ3v) is 4.35. The second kappa shape index (κ2) is 4.63. The van der Waals surface area contributed by atoms with Crippen molar-refractivity contribution in [2.75, 3.05) is 0 Å². The van der Waals surface area contributed by atoms with Gasteiger partial charge in [-0.3, -0.25) is 4.57 Å². The van der Waals surface area contributed by atoms with Crippen LogP contribution >= 0.6 is 0 Å². The lowest BCUT2D eigenvalue weighted by Gasteiger charge is -2.33. The number of fused-ring (bicyclic) bond motifs is 1. The lowest BCUT2D eigenvalue weighted by molar-refractivity contribution is 0.0986. The van der Waals surface area contributed by atoms with E-state index in [0.717, 1.165) is 41.2 Å². The summed E-state index contributed by atoms with van der Waals surface area (Å²) in [6.45, 7) is 10.2. The van der Waals surface area contributed by atoms with Crippen molar-refractivity contribution in [3.05, 3.63) is 34.4 Å². The Morgan fingerprint density at radius 2 is 1.90 bits per heavy atom. The lowest BCUT2D eigenvalue weighted by Crippen LogP contribution is -2.27. The minimum atomic E-state index is -0.414. The van der Waals surface area contributed by atoms with Crippen LogP contribution in [0.5, 0.6) is 0 Å². The predicted molar refractivity (Wildman–Crippen MR) is 80.4 cm³/mol. The van der Waals surface area contributed by atoms with Gasteiger partial charge in [-0.05, 0) is 45.1 Å². The van der Waals surface area contributed by atoms with Crippen LogP contribution in [0.2, 0.25) is 0 Å². The van der Waals surface area contributed by atoms with Crippen molar-refractivity contribution in [2.45, 2.75) is 53.6 Å². The van der Waals surface area contributed by atoms with Gasteiger partial charge in [0.1, 0.15) is 0 Å². The molecule has 0 saturated heterocycles. The Morgan fingerprint density at radius 3 is 2.57 bits per heavy atom. The molecule has 0 spiro atoms. The number of aliphatic hydroxyl groups excluding tert-OH is 1. The predicted octanol–water partition coefficient (Wildman–Crippen LogP) is 2.59. The smallest absolute Gasteiger partial charge is 0.254 e. The van der Waals surface area contributed by atoms with E-state index < -0.39 is 6.10 Å². The summed E-state index contributed by atoms with van der Waals surface area (Å²) in [5, 5.41) is 18.8. The zero-order valence-corrected chi connectivity index (χ0v) is 13.3. The van der Waals surface area contributed by atoms with Crippen molar-refractivity contribution < 1.29 is 5.11 Å². The first-order valence-corrected chi connectivity index (χ1v) is 7.36. The molecule has 5 nitrogen and oxygen atoms in total. The van der Waals surface area contributed by atoms with Crippen LogP contribution in [0, 0.1) is 26.2 Å². The molecule has 112 valence electrons. The standard InChI is InChI=1S/C16H22N4O/c1-9-6-12-13(7-16(4,5)8-14(12)21)20(9)15-17-10(2)11(3)18-19-15/h6,14,21H,7-8H2,1-5H3. The number of aromatic nitrogens is 4. The molecule has 2 aromatic heterocycles. The van der Waals surface area contributed by atoms with Crippen molar-refractivity contribution >= 4 is 0 Å². The Labute approximate surface area is 125 Å². The fourth-order valence-corrected chi connectivity index (χ4v) is 3.16. The molecule has 0 radical (unpaired) electrons. The molecule has 1 N–H and O–H groups in total. The normalized spacial score (nSPS) is 20.4. The molecule has 5 heteroatoms. The second-order valence-electron chi connectivity index (χ2n) is 6.87. The Bertz CT molecular complexity index is 703. The number of hydrogen-bond acceptors (Lipinski definition) is 4. The molecule has 1 atom stereocenters. The van der Waals surface area contributed by atoms with Crippen LogP contribution in [0.3, 0.4) is 0 Å². The average Bonchev–Trinajstić information content (AvgIpc) is 2.68. The maximum atomic E-state index is 10.4. The average molecular weight is 286 g/mol. The SMILES string of the molecule is Cc1nnc(-n2c(C)cc3c2CC(C)(C)CC3O)nc1C. The highest BCUT2D eigenvalue weighted by Gasteiger charge is 2.34. The molecule has 1 unspecified atom stereocenters. The van der Waals surface area contributed by atoms with Gasteiger partial charge in [0.05, 0.1) is 17.5 Å². The molecule has 0 amide bonds. The monoisotopic (exact) mass is 286 g/mol. The van der Waals surface area contributed by atoms with Crippen LogP contribution in [-0.4, -0.2) is 24.9 Å². The minimum absolute atomic E-state index is 0.0716. The highest BCUT2D eigenvalue weighted by atomic mass is 16.3. The lowest BCUT2D eigenvalue weighted by atomic mass is 9.75. The zero-order chi connectivity index (χ0) is 15.4. The van der Waals surface area contributed by atoms with Gasteiger partial charge in [-0.15, -0.1) is 5.10 Å². The summed E-state index contributed by atoms with van der Waals surface area (Å²) in [7, 11) is 0. The summed E-state index contributed by atoms with van der Waals surface area (Å²) in [6.07, 6.45) is 1.28. The molecular weight excluding hydrogens is 264 g/mol. The van der Waals surface area contributed by atoms with Gasteiger partial charge in [-0.2, -0.15) is 5.10 Å². The van der Waals surface area contributed by atoms with E-state index in [0.29, 0.717) is 5.95 Å². The molecule has 2 heterocycles. The van der Waals surface area contributed by atoms with Crippen LogP contribution in [0.15, 0.2) is 6.07 Å². The van der Waals surface area contributed by atoms with E-state index in [1.807, 2.05) is 31.4 Å². The van der Waals surface area contributed by atoms with E-state index >= 15 is 0 Å². The summed E-state index contributed by atoms with van der Waals surface area (Å²) in [5.74, 6) is 0.599. The number of rotatable bonds is 1. The summed E-state index contributed by atoms with van der Waals surface area (Å²) >= 11 is 0. The molecular formula is C16H22N4O. The maximum Gasteiger partial charge on any atom is 0.254 e. The Balaban J connectivity index is 2.18. The van der Waals surface area contributed by atoms with Crippen LogP contribution in [0.25, 0.3) is 5.95 Å². The van der Waals surface area contributed by atoms with Gasteiger partial charge >= 0.3 is 0 Å². The van der Waals surface area contributed by atoms with Gasteiger partial charge in [-0.25, -0.2) is 4.98 Å². The third kappa shape index (κ3) is 2.35. The molecule has 0 aliphatic heterocycles. The van der Waals surface area contributed by atoms with Crippen LogP contribution in [-0.2, 0) is 6.42 Å². The molecule has 0 aromatic carbocycles. The number of aliphatic hydroxyl groups is 1. The Hall–Kier alpha value is -1.75. The van der Waals surface area contributed by atoms with Crippen molar-refractivity contribution in [3.63, 3.8) is 0 Å². The summed E-state index contributed by atoms with van der Waals surface area (Å²) in [5.41, 5.74) is 4.97. The van der Waals surface area contributed by atoms with Crippen LogP contribution in [0.1, 0.15) is 54.7 Å². The maximum absolute atomic E-state index is 10.4. The fraction of sp³-hybridized carbons (Fsp3) is 0.562. The first kappa shape index (κ1) is 14.2. The van der Waals surface area contributed by atoms with E-state index in [9.17, 15) is 5.11 Å². The van der Waals surface area contributed by atoms with Gasteiger partial charge in [0.15, 0.2) is 0 Å². The van der Waals surface area contributed by atoms with E-state index in [1.165, 1.54) is 0 Å². The van der Waals surface area contributed by atoms with Crippen molar-refractivity contribution in [1.82, 2.24) is 19.7 Å². The summed E-state index contributed by atoms with van der Waals surface area (Å²) in [6, 6.07) is 2.05. The van der Waals surface area contributed by atoms with E-state index in [2.05, 4.69) is 29.0 Å². The van der Waals surface area contributed by atoms with Crippen molar-refractivity contribution in [1.29, 1.82) is 0 Å². The highest BCUT2D eigenvalue weighted by molar-refractivity contribution is 5.38. The summed E-state index contributed by atoms with van der Waals surface area (Å²) in [4.78, 5) is 4.56. The third-order valence-electron chi connectivity index (χ3n) is 4.35. The van der Waals surface area contributed by atoms with E-state index in [-0.39, 0.29) is 5.41 Å². The molecule has 21 heavy (non-hydrogen) atoms. The van der Waals surface area contributed by atoms with E-state index in [1.54, 1.807) is 0 Å². The van der Waals surface area contributed by atoms with Crippen LogP contribution in [0.4, 0.5) is 0 Å². The van der Waals surface area contributed by atoms with Crippen molar-refractivity contribution in [2.24, 2.45) is 5.41 Å². The van der Waals surface area contributed by atoms with Gasteiger partial charge in [0.2, 0.25) is 0 Å². The second-order valence-corrected chi connectivity index (χ2v) is 6.87. The number of hydrogen-bond donors (Lipinski definition) is 1. The highest BCUT2D eigenvalue weighted by Crippen LogP contribution is 2.42. The van der Waals surface area contributed by atoms with Gasteiger partial charge in [0, 0.05) is 17.0 Å². The van der Waals surface area contributed by atoms with Gasteiger partial charge in [0.25, 0.3) is 5.95 Å². The minimum Gasteiger partial charge on any atom is -0.388 e. The molecule has 1 aliphatic rings. The molecule has 0 saturated carbocycles. The first-order chi connectivity index (χ1) is 9.78. The Kier molecular flexibility index (Phi) is 3.13. The fourth-order valence-electron chi connectivity index (χ4n) is 3.16. The van der Waals surface area contributed by atoms with Gasteiger partial charge < -0.3 is 5.11 Å². The Morgan fingerprint density at radius 1 is 1.19 bits per heavy atom. The summed E-state index contributed by atoms with van der Waals surface area (Å²) < 4.78 is 2.04. The molecule has 0 bridgehead atoms. The largest absolute Gasteiger partial charge is 0.388 e.